The summed E-state index contributed by atoms with van der Waals surface area (Å²) in [6.45, 7) is 5.34. The summed E-state index contributed by atoms with van der Waals surface area (Å²) < 4.78 is 16.1. The molecule has 0 aliphatic heterocycles. The lowest BCUT2D eigenvalue weighted by molar-refractivity contribution is 0.355. The van der Waals surface area contributed by atoms with E-state index in [1.165, 1.54) is 0 Å². The fourth-order valence-corrected chi connectivity index (χ4v) is 3.03. The molecule has 0 aliphatic rings. The Balaban J connectivity index is 1.74. The van der Waals surface area contributed by atoms with E-state index in [0.717, 1.165) is 42.0 Å². The van der Waals surface area contributed by atoms with Crippen molar-refractivity contribution in [2.75, 3.05) is 26.1 Å². The topological polar surface area (TPSA) is 93.8 Å². The van der Waals surface area contributed by atoms with Gasteiger partial charge in [0.2, 0.25) is 0 Å². The molecular weight excluding hydrogens is 394 g/mol. The van der Waals surface area contributed by atoms with Gasteiger partial charge in [-0.05, 0) is 43.2 Å². The molecule has 3 rings (SSSR count). The summed E-state index contributed by atoms with van der Waals surface area (Å²) in [7, 11) is 3.23. The van der Waals surface area contributed by atoms with Gasteiger partial charge in [0.05, 0.1) is 20.8 Å². The zero-order valence-electron chi connectivity index (χ0n) is 18.4. The highest BCUT2D eigenvalue weighted by Crippen LogP contribution is 2.29. The maximum atomic E-state index is 5.40. The fraction of sp³-hybridized carbons (Fsp3) is 0.348. The molecule has 0 amide bonds. The number of benzene rings is 2. The van der Waals surface area contributed by atoms with E-state index in [-0.39, 0.29) is 0 Å². The molecule has 2 N–H and O–H groups in total. The second-order valence-corrected chi connectivity index (χ2v) is 6.86. The Kier molecular flexibility index (Phi) is 7.86. The molecule has 0 radical (unpaired) electrons. The first kappa shape index (κ1) is 22.1. The third-order valence-electron chi connectivity index (χ3n) is 4.53. The van der Waals surface area contributed by atoms with Gasteiger partial charge in [-0.2, -0.15) is 4.98 Å². The highest BCUT2D eigenvalue weighted by atomic mass is 16.5. The molecule has 0 bridgehead atoms. The number of ether oxygens (including phenoxy) is 2. The maximum Gasteiger partial charge on any atom is 0.257 e. The van der Waals surface area contributed by atoms with E-state index >= 15 is 0 Å². The molecule has 0 saturated carbocycles. The number of aryl methyl sites for hydroxylation is 1. The van der Waals surface area contributed by atoms with Gasteiger partial charge in [0.25, 0.3) is 5.89 Å². The van der Waals surface area contributed by atoms with Gasteiger partial charge >= 0.3 is 0 Å². The molecule has 31 heavy (non-hydrogen) atoms. The van der Waals surface area contributed by atoms with Crippen LogP contribution >= 0.6 is 0 Å². The summed E-state index contributed by atoms with van der Waals surface area (Å²) in [5.74, 6) is 3.26. The van der Waals surface area contributed by atoms with Crippen molar-refractivity contribution in [2.24, 2.45) is 4.99 Å². The average molecular weight is 424 g/mol. The van der Waals surface area contributed by atoms with Crippen molar-refractivity contribution in [3.63, 3.8) is 0 Å². The van der Waals surface area contributed by atoms with E-state index in [0.29, 0.717) is 29.9 Å². The van der Waals surface area contributed by atoms with Crippen LogP contribution in [0.5, 0.6) is 11.5 Å². The van der Waals surface area contributed by atoms with Gasteiger partial charge in [0.1, 0.15) is 0 Å². The van der Waals surface area contributed by atoms with Crippen molar-refractivity contribution in [1.82, 2.24) is 15.5 Å². The molecule has 0 saturated heterocycles. The van der Waals surface area contributed by atoms with E-state index in [4.69, 9.17) is 19.0 Å². The summed E-state index contributed by atoms with van der Waals surface area (Å²) in [4.78, 5) is 9.16. The normalized spacial score (nSPS) is 11.3. The molecule has 0 unspecified atom stereocenters. The van der Waals surface area contributed by atoms with Crippen LogP contribution in [-0.2, 0) is 13.0 Å². The van der Waals surface area contributed by atoms with Crippen molar-refractivity contribution < 1.29 is 14.0 Å². The van der Waals surface area contributed by atoms with Gasteiger partial charge in [-0.3, -0.25) is 0 Å². The average Bonchev–Trinajstić information content (AvgIpc) is 3.27. The van der Waals surface area contributed by atoms with Crippen molar-refractivity contribution >= 4 is 11.6 Å². The quantitative estimate of drug-likeness (QED) is 0.392. The Morgan fingerprint density at radius 2 is 1.90 bits per heavy atom. The number of nitrogens with one attached hydrogen (secondary N) is 2. The standard InChI is InChI=1S/C23H29N5O3/c1-5-8-21-27-22(31-28-21)17-10-7-9-16(13-17)15-25-23(24-6-2)26-18-11-12-19(29-3)20(14-18)30-4/h7,9-14H,5-6,8,15H2,1-4H3,(H2,24,25,26). The van der Waals surface area contributed by atoms with Crippen LogP contribution in [0.15, 0.2) is 52.0 Å². The van der Waals surface area contributed by atoms with Crippen LogP contribution in [0.4, 0.5) is 5.69 Å². The predicted molar refractivity (Wildman–Crippen MR) is 122 cm³/mol. The first-order chi connectivity index (χ1) is 15.2. The van der Waals surface area contributed by atoms with Crippen molar-refractivity contribution in [2.45, 2.75) is 33.2 Å². The third kappa shape index (κ3) is 5.97. The largest absolute Gasteiger partial charge is 0.493 e. The highest BCUT2D eigenvalue weighted by molar-refractivity contribution is 5.93. The Bertz CT molecular complexity index is 1020. The molecule has 0 spiro atoms. The maximum absolute atomic E-state index is 5.40. The first-order valence-electron chi connectivity index (χ1n) is 10.4. The number of aromatic nitrogens is 2. The molecule has 8 heteroatoms. The number of rotatable bonds is 9. The lowest BCUT2D eigenvalue weighted by atomic mass is 10.1. The zero-order valence-corrected chi connectivity index (χ0v) is 18.4. The van der Waals surface area contributed by atoms with Gasteiger partial charge in [0.15, 0.2) is 23.3 Å². The molecule has 2 aromatic carbocycles. The number of aliphatic imine (C=N–C) groups is 1. The van der Waals surface area contributed by atoms with Crippen LogP contribution in [-0.4, -0.2) is 36.9 Å². The van der Waals surface area contributed by atoms with Crippen LogP contribution < -0.4 is 20.1 Å². The fourth-order valence-electron chi connectivity index (χ4n) is 3.03. The van der Waals surface area contributed by atoms with Crippen LogP contribution in [0.3, 0.4) is 0 Å². The lowest BCUT2D eigenvalue weighted by Crippen LogP contribution is -2.30. The Hall–Kier alpha value is -3.55. The first-order valence-corrected chi connectivity index (χ1v) is 10.4. The summed E-state index contributed by atoms with van der Waals surface area (Å²) in [6.07, 6.45) is 1.79. The second-order valence-electron chi connectivity index (χ2n) is 6.86. The van der Waals surface area contributed by atoms with Gasteiger partial charge in [-0.25, -0.2) is 4.99 Å². The van der Waals surface area contributed by atoms with E-state index < -0.39 is 0 Å². The van der Waals surface area contributed by atoms with Gasteiger partial charge in [0, 0.05) is 30.3 Å². The number of hydrogen-bond donors (Lipinski definition) is 2. The summed E-state index contributed by atoms with van der Waals surface area (Å²) >= 11 is 0. The Morgan fingerprint density at radius 3 is 2.65 bits per heavy atom. The molecule has 0 aliphatic carbocycles. The van der Waals surface area contributed by atoms with Gasteiger partial charge in [-0.1, -0.05) is 24.2 Å². The minimum absolute atomic E-state index is 0.492. The van der Waals surface area contributed by atoms with Crippen LogP contribution in [0.25, 0.3) is 11.5 Å². The molecule has 8 nitrogen and oxygen atoms in total. The van der Waals surface area contributed by atoms with Crippen LogP contribution in [0.2, 0.25) is 0 Å². The minimum Gasteiger partial charge on any atom is -0.493 e. The van der Waals surface area contributed by atoms with E-state index in [1.807, 2.05) is 49.4 Å². The zero-order chi connectivity index (χ0) is 22.1. The number of nitrogens with zero attached hydrogens (tertiary/aromatic N) is 3. The third-order valence-corrected chi connectivity index (χ3v) is 4.53. The van der Waals surface area contributed by atoms with E-state index in [1.54, 1.807) is 14.2 Å². The number of anilines is 1. The number of methoxy groups -OCH3 is 2. The molecule has 0 fully saturated rings. The highest BCUT2D eigenvalue weighted by Gasteiger charge is 2.09. The Morgan fingerprint density at radius 1 is 1.06 bits per heavy atom. The minimum atomic E-state index is 0.492. The van der Waals surface area contributed by atoms with Crippen LogP contribution in [0, 0.1) is 0 Å². The number of guanidine groups is 1. The molecule has 1 heterocycles. The van der Waals surface area contributed by atoms with E-state index in [9.17, 15) is 0 Å². The predicted octanol–water partition coefficient (Wildman–Crippen LogP) is 4.28. The summed E-state index contributed by atoms with van der Waals surface area (Å²) in [5.41, 5.74) is 2.78. The number of hydrogen-bond acceptors (Lipinski definition) is 6. The summed E-state index contributed by atoms with van der Waals surface area (Å²) in [6, 6.07) is 13.6. The molecule has 1 aromatic heterocycles. The van der Waals surface area contributed by atoms with Gasteiger partial charge < -0.3 is 24.6 Å². The van der Waals surface area contributed by atoms with Crippen molar-refractivity contribution in [3.05, 3.63) is 53.9 Å². The molecule has 3 aromatic rings. The monoisotopic (exact) mass is 423 g/mol. The van der Waals surface area contributed by atoms with Crippen LogP contribution in [0.1, 0.15) is 31.7 Å². The smallest absolute Gasteiger partial charge is 0.257 e. The SMILES string of the molecule is CCCc1noc(-c2cccc(CN=C(NCC)Nc3ccc(OC)c(OC)c3)c2)n1. The molecule has 0 atom stereocenters. The second kappa shape index (κ2) is 11.0. The van der Waals surface area contributed by atoms with Crippen molar-refractivity contribution in [1.29, 1.82) is 0 Å². The molecule has 164 valence electrons. The summed E-state index contributed by atoms with van der Waals surface area (Å²) in [5, 5.41) is 10.6. The molecular formula is C23H29N5O3. The van der Waals surface area contributed by atoms with Gasteiger partial charge in [-0.15, -0.1) is 0 Å². The lowest BCUT2D eigenvalue weighted by Gasteiger charge is -2.14. The Labute approximate surface area is 182 Å². The van der Waals surface area contributed by atoms with Crippen molar-refractivity contribution in [3.8, 4) is 23.0 Å². The van der Waals surface area contributed by atoms with E-state index in [2.05, 4.69) is 27.7 Å².